The monoisotopic (exact) mass is 342 g/mol. The zero-order chi connectivity index (χ0) is 15.3. The van der Waals surface area contributed by atoms with E-state index in [1.54, 1.807) is 0 Å². The minimum absolute atomic E-state index is 0.386. The maximum absolute atomic E-state index is 11.5. The molecule has 1 amide bonds. The number of halogens is 1. The van der Waals surface area contributed by atoms with Gasteiger partial charge in [-0.1, -0.05) is 15.9 Å². The maximum atomic E-state index is 11.5. The Kier molecular flexibility index (Phi) is 5.87. The van der Waals surface area contributed by atoms with Crippen LogP contribution in [0.3, 0.4) is 0 Å². The molecule has 20 heavy (non-hydrogen) atoms. The molecular formula is C15H23BrN2O2. The predicted molar refractivity (Wildman–Crippen MR) is 86.3 cm³/mol. The van der Waals surface area contributed by atoms with Crippen LogP contribution in [0.15, 0.2) is 16.6 Å². The van der Waals surface area contributed by atoms with Gasteiger partial charge in [0, 0.05) is 23.2 Å². The van der Waals surface area contributed by atoms with E-state index in [0.29, 0.717) is 13.1 Å². The van der Waals surface area contributed by atoms with Crippen molar-refractivity contribution < 1.29 is 9.53 Å². The van der Waals surface area contributed by atoms with Gasteiger partial charge in [0.05, 0.1) is 0 Å². The summed E-state index contributed by atoms with van der Waals surface area (Å²) in [6.45, 7) is 10.8. The van der Waals surface area contributed by atoms with Crippen LogP contribution in [0.4, 0.5) is 10.5 Å². The highest BCUT2D eigenvalue weighted by Gasteiger charge is 2.15. The number of benzene rings is 1. The largest absolute Gasteiger partial charge is 0.444 e. The van der Waals surface area contributed by atoms with Crippen molar-refractivity contribution in [3.8, 4) is 0 Å². The van der Waals surface area contributed by atoms with Crippen LogP contribution in [0.2, 0.25) is 0 Å². The molecule has 2 N–H and O–H groups in total. The van der Waals surface area contributed by atoms with Gasteiger partial charge in [0.1, 0.15) is 5.60 Å². The third-order valence-electron chi connectivity index (χ3n) is 2.59. The summed E-state index contributed by atoms with van der Waals surface area (Å²) in [6, 6.07) is 4.13. The summed E-state index contributed by atoms with van der Waals surface area (Å²) >= 11 is 3.47. The Morgan fingerprint density at radius 2 is 1.75 bits per heavy atom. The number of hydrogen-bond donors (Lipinski definition) is 2. The second-order valence-electron chi connectivity index (χ2n) is 5.77. The number of carbonyl (C=O) groups is 1. The van der Waals surface area contributed by atoms with Crippen molar-refractivity contribution in [2.24, 2.45) is 0 Å². The number of nitrogens with one attached hydrogen (secondary N) is 2. The first-order chi connectivity index (χ1) is 9.19. The van der Waals surface area contributed by atoms with Gasteiger partial charge in [-0.25, -0.2) is 4.79 Å². The molecular weight excluding hydrogens is 320 g/mol. The average molecular weight is 343 g/mol. The molecule has 1 rings (SSSR count). The summed E-state index contributed by atoms with van der Waals surface area (Å²) in [6.07, 6.45) is -0.386. The van der Waals surface area contributed by atoms with Gasteiger partial charge in [-0.2, -0.15) is 0 Å². The molecule has 0 heterocycles. The first kappa shape index (κ1) is 16.8. The van der Waals surface area contributed by atoms with Gasteiger partial charge in [-0.15, -0.1) is 0 Å². The highest BCUT2D eigenvalue weighted by atomic mass is 79.9. The zero-order valence-corrected chi connectivity index (χ0v) is 14.3. The van der Waals surface area contributed by atoms with Crippen LogP contribution in [0.1, 0.15) is 31.9 Å². The molecule has 0 radical (unpaired) electrons. The molecule has 0 aliphatic heterocycles. The minimum Gasteiger partial charge on any atom is -0.444 e. The van der Waals surface area contributed by atoms with Crippen molar-refractivity contribution >= 4 is 27.7 Å². The lowest BCUT2D eigenvalue weighted by atomic mass is 10.1. The van der Waals surface area contributed by atoms with Gasteiger partial charge in [0.15, 0.2) is 0 Å². The summed E-state index contributed by atoms with van der Waals surface area (Å²) in [5.74, 6) is 0. The third kappa shape index (κ3) is 5.82. The molecule has 0 atom stereocenters. The molecule has 0 saturated heterocycles. The van der Waals surface area contributed by atoms with Crippen molar-refractivity contribution in [1.82, 2.24) is 5.32 Å². The lowest BCUT2D eigenvalue weighted by molar-refractivity contribution is 0.0530. The standard InChI is InChI=1S/C15H23BrN2O2/c1-10-8-12(16)9-11(2)13(10)17-6-7-18-14(19)20-15(3,4)5/h8-9,17H,6-7H2,1-5H3,(H,18,19). The second kappa shape index (κ2) is 6.97. The molecule has 4 nitrogen and oxygen atoms in total. The first-order valence-corrected chi connectivity index (χ1v) is 7.46. The van der Waals surface area contributed by atoms with E-state index >= 15 is 0 Å². The molecule has 0 aromatic heterocycles. The first-order valence-electron chi connectivity index (χ1n) is 6.66. The molecule has 0 unspecified atom stereocenters. The smallest absolute Gasteiger partial charge is 0.407 e. The Morgan fingerprint density at radius 3 is 2.25 bits per heavy atom. The van der Waals surface area contributed by atoms with E-state index in [-0.39, 0.29) is 6.09 Å². The number of aryl methyl sites for hydroxylation is 2. The Balaban J connectivity index is 2.41. The molecule has 1 aromatic rings. The van der Waals surface area contributed by atoms with Crippen molar-refractivity contribution in [3.63, 3.8) is 0 Å². The zero-order valence-electron chi connectivity index (χ0n) is 12.8. The van der Waals surface area contributed by atoms with E-state index in [2.05, 4.69) is 52.5 Å². The van der Waals surface area contributed by atoms with Gasteiger partial charge < -0.3 is 15.4 Å². The summed E-state index contributed by atoms with van der Waals surface area (Å²) in [7, 11) is 0. The average Bonchev–Trinajstić information content (AvgIpc) is 2.23. The van der Waals surface area contributed by atoms with Crippen molar-refractivity contribution in [2.45, 2.75) is 40.2 Å². The molecule has 0 aliphatic rings. The van der Waals surface area contributed by atoms with Crippen LogP contribution in [-0.4, -0.2) is 24.8 Å². The summed E-state index contributed by atoms with van der Waals surface area (Å²) in [5.41, 5.74) is 3.00. The highest BCUT2D eigenvalue weighted by Crippen LogP contribution is 2.24. The highest BCUT2D eigenvalue weighted by molar-refractivity contribution is 9.10. The van der Waals surface area contributed by atoms with Crippen LogP contribution in [0.5, 0.6) is 0 Å². The lowest BCUT2D eigenvalue weighted by Crippen LogP contribution is -2.35. The van der Waals surface area contributed by atoms with E-state index < -0.39 is 5.60 Å². The van der Waals surface area contributed by atoms with E-state index in [9.17, 15) is 4.79 Å². The van der Waals surface area contributed by atoms with Crippen molar-refractivity contribution in [2.75, 3.05) is 18.4 Å². The minimum atomic E-state index is -0.462. The van der Waals surface area contributed by atoms with Gasteiger partial charge in [-0.3, -0.25) is 0 Å². The van der Waals surface area contributed by atoms with Gasteiger partial charge in [0.25, 0.3) is 0 Å². The topological polar surface area (TPSA) is 50.4 Å². The Bertz CT molecular complexity index is 458. The fourth-order valence-electron chi connectivity index (χ4n) is 1.86. The number of carbonyl (C=O) groups excluding carboxylic acids is 1. The van der Waals surface area contributed by atoms with Crippen LogP contribution >= 0.6 is 15.9 Å². The molecule has 5 heteroatoms. The quantitative estimate of drug-likeness (QED) is 0.813. The van der Waals surface area contributed by atoms with E-state index in [0.717, 1.165) is 10.2 Å². The molecule has 0 fully saturated rings. The van der Waals surface area contributed by atoms with Gasteiger partial charge in [-0.05, 0) is 57.9 Å². The van der Waals surface area contributed by atoms with E-state index in [4.69, 9.17) is 4.74 Å². The fraction of sp³-hybridized carbons (Fsp3) is 0.533. The van der Waals surface area contributed by atoms with Gasteiger partial charge in [0.2, 0.25) is 0 Å². The van der Waals surface area contributed by atoms with Crippen LogP contribution in [-0.2, 0) is 4.74 Å². The number of alkyl carbamates (subject to hydrolysis) is 1. The second-order valence-corrected chi connectivity index (χ2v) is 6.69. The Hall–Kier alpha value is -1.23. The molecule has 1 aromatic carbocycles. The molecule has 0 aliphatic carbocycles. The van der Waals surface area contributed by atoms with E-state index in [1.807, 2.05) is 20.8 Å². The number of ether oxygens (including phenoxy) is 1. The van der Waals surface area contributed by atoms with Crippen molar-refractivity contribution in [3.05, 3.63) is 27.7 Å². The molecule has 0 saturated carbocycles. The molecule has 0 bridgehead atoms. The maximum Gasteiger partial charge on any atom is 0.407 e. The predicted octanol–water partition coefficient (Wildman–Crippen LogP) is 4.00. The van der Waals surface area contributed by atoms with Gasteiger partial charge >= 0.3 is 6.09 Å². The van der Waals surface area contributed by atoms with E-state index in [1.165, 1.54) is 11.1 Å². The summed E-state index contributed by atoms with van der Waals surface area (Å²) in [4.78, 5) is 11.5. The molecule has 112 valence electrons. The normalized spacial score (nSPS) is 11.1. The van der Waals surface area contributed by atoms with Crippen molar-refractivity contribution in [1.29, 1.82) is 0 Å². The van der Waals surface area contributed by atoms with Crippen LogP contribution in [0.25, 0.3) is 0 Å². The number of amides is 1. The fourth-order valence-corrected chi connectivity index (χ4v) is 2.54. The third-order valence-corrected chi connectivity index (χ3v) is 3.05. The number of anilines is 1. The number of hydrogen-bond acceptors (Lipinski definition) is 3. The summed E-state index contributed by atoms with van der Waals surface area (Å²) < 4.78 is 6.24. The lowest BCUT2D eigenvalue weighted by Gasteiger charge is -2.20. The Morgan fingerprint density at radius 1 is 1.20 bits per heavy atom. The summed E-state index contributed by atoms with van der Waals surface area (Å²) in [5, 5.41) is 6.06. The van der Waals surface area contributed by atoms with Crippen LogP contribution in [0, 0.1) is 13.8 Å². The SMILES string of the molecule is Cc1cc(Br)cc(C)c1NCCNC(=O)OC(C)(C)C. The van der Waals surface area contributed by atoms with Crippen LogP contribution < -0.4 is 10.6 Å². The Labute approximate surface area is 129 Å². The number of rotatable bonds is 4. The molecule has 0 spiro atoms.